The van der Waals surface area contributed by atoms with Gasteiger partial charge in [0.2, 0.25) is 0 Å². The number of aliphatic hydroxyl groups is 1. The average molecular weight is 1450 g/mol. The van der Waals surface area contributed by atoms with Crippen LogP contribution in [0.25, 0.3) is 0 Å². The summed E-state index contributed by atoms with van der Waals surface area (Å²) in [5.41, 5.74) is 0. The van der Waals surface area contributed by atoms with Crippen molar-refractivity contribution in [2.75, 3.05) is 39.6 Å². The smallest absolute Gasteiger partial charge is 0.462 e. The summed E-state index contributed by atoms with van der Waals surface area (Å²) in [4.78, 5) is 73.0. The van der Waals surface area contributed by atoms with E-state index in [4.69, 9.17) is 37.0 Å². The number of phosphoric ester groups is 2. The lowest BCUT2D eigenvalue weighted by molar-refractivity contribution is -0.161. The van der Waals surface area contributed by atoms with Crippen LogP contribution in [0.1, 0.15) is 420 Å². The maximum Gasteiger partial charge on any atom is 0.472 e. The summed E-state index contributed by atoms with van der Waals surface area (Å²) in [6.45, 7) is 9.63. The van der Waals surface area contributed by atoms with Gasteiger partial charge in [-0.15, -0.1) is 0 Å². The molecule has 0 amide bonds. The number of ether oxygens (including phenoxy) is 4. The summed E-state index contributed by atoms with van der Waals surface area (Å²) in [6.07, 6.45) is 61.0. The zero-order valence-corrected chi connectivity index (χ0v) is 66.6. The molecule has 3 N–H and O–H groups in total. The van der Waals surface area contributed by atoms with E-state index < -0.39 is 97.5 Å². The van der Waals surface area contributed by atoms with Crippen LogP contribution in [0.3, 0.4) is 0 Å². The van der Waals surface area contributed by atoms with E-state index in [0.29, 0.717) is 25.7 Å². The van der Waals surface area contributed by atoms with Crippen molar-refractivity contribution in [2.24, 2.45) is 11.8 Å². The summed E-state index contributed by atoms with van der Waals surface area (Å²) in [7, 11) is -9.92. The molecule has 0 radical (unpaired) electrons. The molecule has 19 heteroatoms. The van der Waals surface area contributed by atoms with Crippen molar-refractivity contribution in [1.82, 2.24) is 0 Å². The summed E-state index contributed by atoms with van der Waals surface area (Å²) < 4.78 is 68.7. The first-order valence-electron chi connectivity index (χ1n) is 41.5. The second kappa shape index (κ2) is 71.7. The first-order valence-corrected chi connectivity index (χ1v) is 44.5. The quantitative estimate of drug-likeness (QED) is 0.0222. The van der Waals surface area contributed by atoms with Crippen LogP contribution in [0.5, 0.6) is 0 Å². The van der Waals surface area contributed by atoms with Gasteiger partial charge in [-0.3, -0.25) is 37.3 Å². The van der Waals surface area contributed by atoms with Crippen molar-refractivity contribution in [3.05, 3.63) is 0 Å². The van der Waals surface area contributed by atoms with Crippen LogP contribution in [0, 0.1) is 11.8 Å². The molecule has 0 aliphatic carbocycles. The lowest BCUT2D eigenvalue weighted by atomic mass is 10.00. The molecule has 0 aliphatic rings. The number of hydrogen-bond acceptors (Lipinski definition) is 15. The molecule has 0 aromatic heterocycles. The Morgan fingerprint density at radius 2 is 0.515 bits per heavy atom. The van der Waals surface area contributed by atoms with E-state index in [2.05, 4.69) is 41.5 Å². The van der Waals surface area contributed by atoms with Gasteiger partial charge in [0, 0.05) is 25.7 Å². The van der Waals surface area contributed by atoms with Gasteiger partial charge < -0.3 is 33.8 Å². The highest BCUT2D eigenvalue weighted by atomic mass is 31.2. The maximum atomic E-state index is 13.1. The number of hydrogen-bond donors (Lipinski definition) is 3. The SMILES string of the molecule is CCCCCCCCCCCCCCCCCC(=O)OC[C@H](COP(=O)(O)OC[C@@H](O)COP(=O)(O)OC[C@@H](COC(=O)CCCCCCCCC(C)CC)OC(=O)CCCCCCCCCCCCCCCCC)OC(=O)CCCCCCCCCCCCCCCCCCC(C)C. The van der Waals surface area contributed by atoms with Gasteiger partial charge in [0.15, 0.2) is 12.2 Å². The fourth-order valence-corrected chi connectivity index (χ4v) is 13.9. The predicted octanol–water partition coefficient (Wildman–Crippen LogP) is 23.9. The number of aliphatic hydroxyl groups excluding tert-OH is 1. The molecule has 588 valence electrons. The molecule has 0 rings (SSSR count). The van der Waals surface area contributed by atoms with Gasteiger partial charge in [0.1, 0.15) is 19.3 Å². The van der Waals surface area contributed by atoms with Gasteiger partial charge in [0.25, 0.3) is 0 Å². The van der Waals surface area contributed by atoms with E-state index in [1.54, 1.807) is 0 Å². The number of carbonyl (C=O) groups is 4. The Hall–Kier alpha value is -1.94. The van der Waals surface area contributed by atoms with Crippen molar-refractivity contribution >= 4 is 39.5 Å². The molecule has 0 aliphatic heterocycles. The summed E-state index contributed by atoms with van der Waals surface area (Å²) >= 11 is 0. The number of esters is 4. The van der Waals surface area contributed by atoms with Gasteiger partial charge in [0.05, 0.1) is 26.4 Å². The zero-order valence-electron chi connectivity index (χ0n) is 64.8. The van der Waals surface area contributed by atoms with Crippen LogP contribution in [0.15, 0.2) is 0 Å². The molecule has 0 aromatic carbocycles. The highest BCUT2D eigenvalue weighted by Crippen LogP contribution is 2.45. The first kappa shape index (κ1) is 97.1. The molecule has 0 fully saturated rings. The Morgan fingerprint density at radius 1 is 0.293 bits per heavy atom. The highest BCUT2D eigenvalue weighted by Gasteiger charge is 2.30. The van der Waals surface area contributed by atoms with E-state index in [0.717, 1.165) is 108 Å². The number of carbonyl (C=O) groups excluding carboxylic acids is 4. The molecule has 6 atom stereocenters. The monoisotopic (exact) mass is 1450 g/mol. The topological polar surface area (TPSA) is 237 Å². The van der Waals surface area contributed by atoms with Crippen molar-refractivity contribution in [1.29, 1.82) is 0 Å². The van der Waals surface area contributed by atoms with Crippen LogP contribution in [0.2, 0.25) is 0 Å². The summed E-state index contributed by atoms with van der Waals surface area (Å²) in [5.74, 6) is -0.569. The fraction of sp³-hybridized carbons (Fsp3) is 0.950. The Morgan fingerprint density at radius 3 is 0.768 bits per heavy atom. The third-order valence-electron chi connectivity index (χ3n) is 19.1. The van der Waals surface area contributed by atoms with Crippen LogP contribution in [-0.2, 0) is 65.4 Å². The third kappa shape index (κ3) is 72.8. The van der Waals surface area contributed by atoms with Crippen molar-refractivity contribution < 1.29 is 80.2 Å². The van der Waals surface area contributed by atoms with Crippen molar-refractivity contribution in [3.8, 4) is 0 Å². The molecule has 0 bridgehead atoms. The minimum absolute atomic E-state index is 0.107. The summed E-state index contributed by atoms with van der Waals surface area (Å²) in [5, 5.41) is 10.6. The Labute approximate surface area is 607 Å². The largest absolute Gasteiger partial charge is 0.472 e. The highest BCUT2D eigenvalue weighted by molar-refractivity contribution is 7.47. The molecule has 0 heterocycles. The van der Waals surface area contributed by atoms with Crippen LogP contribution in [0.4, 0.5) is 0 Å². The van der Waals surface area contributed by atoms with Gasteiger partial charge in [-0.25, -0.2) is 9.13 Å². The van der Waals surface area contributed by atoms with Crippen LogP contribution >= 0.6 is 15.6 Å². The molecule has 17 nitrogen and oxygen atoms in total. The fourth-order valence-electron chi connectivity index (χ4n) is 12.3. The van der Waals surface area contributed by atoms with Crippen LogP contribution < -0.4 is 0 Å². The van der Waals surface area contributed by atoms with E-state index >= 15 is 0 Å². The molecular formula is C80H156O17P2. The molecule has 0 aromatic rings. The van der Waals surface area contributed by atoms with Gasteiger partial charge in [-0.05, 0) is 37.5 Å². The second-order valence-electron chi connectivity index (χ2n) is 29.5. The molecule has 0 spiro atoms. The first-order chi connectivity index (χ1) is 47.9. The predicted molar refractivity (Wildman–Crippen MR) is 405 cm³/mol. The Kier molecular flexibility index (Phi) is 70.3. The van der Waals surface area contributed by atoms with E-state index in [9.17, 15) is 43.2 Å². The molecule has 0 saturated heterocycles. The maximum absolute atomic E-state index is 13.1. The van der Waals surface area contributed by atoms with Crippen LogP contribution in [-0.4, -0.2) is 96.7 Å². The van der Waals surface area contributed by atoms with E-state index in [-0.39, 0.29) is 25.7 Å². The van der Waals surface area contributed by atoms with Crippen molar-refractivity contribution in [2.45, 2.75) is 439 Å². The number of phosphoric acid groups is 2. The standard InChI is InChI=1S/C80H156O17P2/c1-7-10-12-14-16-18-20-22-26-31-35-39-43-50-56-62-77(82)90-68-75(96-79(84)64-59-53-45-41-37-33-29-25-24-28-30-34-38-42-48-54-60-72(4)5)70-94-98(86,87)92-66-74(81)67-93-99(88,89)95-71-76(69-91-78(83)63-57-51-47-46-49-55-61-73(6)9-3)97-80(85)65-58-52-44-40-36-32-27-23-21-19-17-15-13-11-8-2/h72-76,81H,7-71H2,1-6H3,(H,86,87)(H,88,89)/t73?,74-,75-,76-/m1/s1. The minimum atomic E-state index is -4.96. The third-order valence-corrected chi connectivity index (χ3v) is 21.0. The summed E-state index contributed by atoms with van der Waals surface area (Å²) in [6, 6.07) is 0. The number of rotatable bonds is 79. The Balaban J connectivity index is 5.24. The number of unbranched alkanes of at least 4 members (excludes halogenated alkanes) is 48. The van der Waals surface area contributed by atoms with E-state index in [1.807, 2.05) is 0 Å². The minimum Gasteiger partial charge on any atom is -0.462 e. The van der Waals surface area contributed by atoms with Gasteiger partial charge >= 0.3 is 39.5 Å². The molecule has 3 unspecified atom stereocenters. The van der Waals surface area contributed by atoms with Gasteiger partial charge in [-0.1, -0.05) is 369 Å². The molecular weight excluding hydrogens is 1290 g/mol. The molecule has 99 heavy (non-hydrogen) atoms. The Bertz CT molecular complexity index is 1910. The second-order valence-corrected chi connectivity index (χ2v) is 32.4. The van der Waals surface area contributed by atoms with Crippen molar-refractivity contribution in [3.63, 3.8) is 0 Å². The average Bonchev–Trinajstić information content (AvgIpc) is 1.03. The van der Waals surface area contributed by atoms with E-state index in [1.165, 1.54) is 231 Å². The normalized spacial score (nSPS) is 14.2. The lowest BCUT2D eigenvalue weighted by Crippen LogP contribution is -2.30. The lowest BCUT2D eigenvalue weighted by Gasteiger charge is -2.21. The zero-order chi connectivity index (χ0) is 72.8. The van der Waals surface area contributed by atoms with Gasteiger partial charge in [-0.2, -0.15) is 0 Å². The molecule has 0 saturated carbocycles.